The van der Waals surface area contributed by atoms with Crippen molar-refractivity contribution in [3.05, 3.63) is 265 Å². The molecule has 9 aromatic carbocycles. The quantitative estimate of drug-likeness (QED) is 0.1000. The lowest BCUT2D eigenvalue weighted by Crippen LogP contribution is -2.74. The van der Waals surface area contributed by atoms with Crippen molar-refractivity contribution in [2.24, 2.45) is 0 Å². The van der Waals surface area contributed by atoms with Crippen LogP contribution in [0.25, 0.3) is 17.2 Å². The summed E-state index contributed by atoms with van der Waals surface area (Å²) in [7, 11) is -2.95. The van der Waals surface area contributed by atoms with E-state index in [1.54, 1.807) is 0 Å². The zero-order chi connectivity index (χ0) is 43.1. The summed E-state index contributed by atoms with van der Waals surface area (Å²) < 4.78 is 0. The Labute approximate surface area is 379 Å². The maximum absolute atomic E-state index is 2.95. The van der Waals surface area contributed by atoms with Crippen molar-refractivity contribution in [3.63, 3.8) is 0 Å². The van der Waals surface area contributed by atoms with Crippen molar-refractivity contribution < 1.29 is 0 Å². The summed E-state index contributed by atoms with van der Waals surface area (Å²) in [6.07, 6.45) is 4.38. The maximum atomic E-state index is 2.50. The van der Waals surface area contributed by atoms with E-state index < -0.39 is 8.07 Å². The summed E-state index contributed by atoms with van der Waals surface area (Å²) in [5, 5.41) is 5.38. The predicted octanol–water partition coefficient (Wildman–Crippen LogP) is 13.0. The zero-order valence-electron chi connectivity index (χ0n) is 36.4. The van der Waals surface area contributed by atoms with Gasteiger partial charge in [0.15, 0.2) is 8.07 Å². The van der Waals surface area contributed by atoms with Gasteiger partial charge in [0.1, 0.15) is 0 Å². The van der Waals surface area contributed by atoms with Gasteiger partial charge < -0.3 is 9.80 Å². The molecule has 0 spiro atoms. The Morgan fingerprint density at radius 2 is 0.891 bits per heavy atom. The van der Waals surface area contributed by atoms with Crippen LogP contribution in [0, 0.1) is 0 Å². The number of benzene rings is 9. The van der Waals surface area contributed by atoms with Gasteiger partial charge in [-0.25, -0.2) is 0 Å². The number of nitrogens with zero attached hydrogens (tertiary/aromatic N) is 2. The van der Waals surface area contributed by atoms with E-state index in [1.807, 2.05) is 0 Å². The minimum atomic E-state index is -2.95. The number of hydrogen-bond acceptors (Lipinski definition) is 2. The molecule has 0 fully saturated rings. The highest BCUT2D eigenvalue weighted by Crippen LogP contribution is 2.54. The Morgan fingerprint density at radius 3 is 1.58 bits per heavy atom. The van der Waals surface area contributed by atoms with Crippen LogP contribution in [-0.4, -0.2) is 8.07 Å². The van der Waals surface area contributed by atoms with E-state index in [4.69, 9.17) is 0 Å². The van der Waals surface area contributed by atoms with E-state index in [1.165, 1.54) is 76.9 Å². The molecule has 0 saturated heterocycles. The number of rotatable bonds is 10. The van der Waals surface area contributed by atoms with E-state index in [0.29, 0.717) is 0 Å². The van der Waals surface area contributed by atoms with Gasteiger partial charge in [0.2, 0.25) is 0 Å². The molecule has 3 heteroatoms. The van der Waals surface area contributed by atoms with Gasteiger partial charge in [-0.3, -0.25) is 0 Å². The van der Waals surface area contributed by atoms with Crippen molar-refractivity contribution in [1.29, 1.82) is 0 Å². The predicted molar refractivity (Wildman–Crippen MR) is 274 cm³/mol. The van der Waals surface area contributed by atoms with Crippen molar-refractivity contribution in [2.45, 2.75) is 32.1 Å². The summed E-state index contributed by atoms with van der Waals surface area (Å²) in [6.45, 7) is 4.76. The minimum absolute atomic E-state index is 0.173. The number of hydrogen-bond donors (Lipinski definition) is 0. The second kappa shape index (κ2) is 16.3. The Kier molecular flexibility index (Phi) is 10.1. The summed E-state index contributed by atoms with van der Waals surface area (Å²) in [5.74, 6) is 0. The normalized spacial score (nSPS) is 13.6. The molecule has 0 saturated carbocycles. The van der Waals surface area contributed by atoms with Crippen LogP contribution < -0.4 is 30.5 Å². The molecule has 0 amide bonds. The zero-order valence-corrected chi connectivity index (χ0v) is 37.4. The van der Waals surface area contributed by atoms with Gasteiger partial charge in [0.05, 0.1) is 5.69 Å². The third-order valence-electron chi connectivity index (χ3n) is 13.7. The van der Waals surface area contributed by atoms with Crippen LogP contribution >= 0.6 is 0 Å². The lowest BCUT2D eigenvalue weighted by atomic mass is 9.81. The molecule has 0 radical (unpaired) electrons. The van der Waals surface area contributed by atoms with Crippen LogP contribution in [0.15, 0.2) is 242 Å². The first-order valence-corrected chi connectivity index (χ1v) is 24.6. The molecular weight excluding hydrogens is 789 g/mol. The fourth-order valence-corrected chi connectivity index (χ4v) is 15.5. The highest BCUT2D eigenvalue weighted by molar-refractivity contribution is 7.20. The van der Waals surface area contributed by atoms with Crippen molar-refractivity contribution in [1.82, 2.24) is 0 Å². The molecule has 11 rings (SSSR count). The fraction of sp³-hybridized carbons (Fsp3) is 0.0820. The first-order valence-electron chi connectivity index (χ1n) is 22.6. The average Bonchev–Trinajstić information content (AvgIpc) is 3.60. The SMILES string of the molecule is CC1(C)c2ccccc2-c2cccc(N(c3ccccc3)c3ccc([Si](c4ccccc4)(c4ccccc4)c4cccc(N(C5=Cc6ccccc6CC5)c5ccccc5)c4)cc3)c21. The molecule has 0 aliphatic heterocycles. The molecule has 0 aromatic heterocycles. The van der Waals surface area contributed by atoms with Gasteiger partial charge in [-0.15, -0.1) is 0 Å². The Morgan fingerprint density at radius 1 is 0.391 bits per heavy atom. The summed E-state index contributed by atoms with van der Waals surface area (Å²) in [4.78, 5) is 4.96. The third-order valence-corrected chi connectivity index (χ3v) is 18.4. The lowest BCUT2D eigenvalue weighted by molar-refractivity contribution is 0.661. The van der Waals surface area contributed by atoms with E-state index in [2.05, 4.69) is 266 Å². The largest absolute Gasteiger partial charge is 0.314 e. The third kappa shape index (κ3) is 6.63. The maximum Gasteiger partial charge on any atom is 0.179 e. The van der Waals surface area contributed by atoms with E-state index in [-0.39, 0.29) is 5.41 Å². The van der Waals surface area contributed by atoms with Gasteiger partial charge >= 0.3 is 0 Å². The number of para-hydroxylation sites is 2. The van der Waals surface area contributed by atoms with Gasteiger partial charge in [0.25, 0.3) is 0 Å². The van der Waals surface area contributed by atoms with Crippen LogP contribution in [0.1, 0.15) is 42.5 Å². The Bertz CT molecular complexity index is 3080. The first kappa shape index (κ1) is 39.4. The van der Waals surface area contributed by atoms with Crippen LogP contribution in [0.5, 0.6) is 0 Å². The minimum Gasteiger partial charge on any atom is -0.314 e. The Balaban J connectivity index is 1.10. The number of fused-ring (bicyclic) bond motifs is 4. The van der Waals surface area contributed by atoms with Crippen LogP contribution in [0.3, 0.4) is 0 Å². The molecular formula is C61H50N2Si. The fourth-order valence-electron chi connectivity index (χ4n) is 10.8. The molecule has 0 atom stereocenters. The molecule has 308 valence electrons. The van der Waals surface area contributed by atoms with Gasteiger partial charge in [-0.05, 0) is 128 Å². The smallest absolute Gasteiger partial charge is 0.179 e. The van der Waals surface area contributed by atoms with Crippen LogP contribution in [0.4, 0.5) is 28.4 Å². The number of anilines is 5. The van der Waals surface area contributed by atoms with Crippen molar-refractivity contribution >= 4 is 63.3 Å². The van der Waals surface area contributed by atoms with Crippen molar-refractivity contribution in [2.75, 3.05) is 9.80 Å². The monoisotopic (exact) mass is 838 g/mol. The molecule has 0 heterocycles. The van der Waals surface area contributed by atoms with E-state index >= 15 is 0 Å². The Hall–Kier alpha value is -7.46. The second-order valence-electron chi connectivity index (χ2n) is 17.6. The number of allylic oxidation sites excluding steroid dienone is 1. The average molecular weight is 839 g/mol. The van der Waals surface area contributed by atoms with Gasteiger partial charge in [-0.2, -0.15) is 0 Å². The topological polar surface area (TPSA) is 6.48 Å². The van der Waals surface area contributed by atoms with E-state index in [0.717, 1.165) is 24.2 Å². The molecule has 2 nitrogen and oxygen atoms in total. The molecule has 2 aliphatic rings. The molecule has 0 N–H and O–H groups in total. The highest BCUT2D eigenvalue weighted by Gasteiger charge is 2.43. The second-order valence-corrected chi connectivity index (χ2v) is 21.4. The van der Waals surface area contributed by atoms with Crippen LogP contribution in [-0.2, 0) is 11.8 Å². The van der Waals surface area contributed by atoms with Gasteiger partial charge in [-0.1, -0.05) is 196 Å². The van der Waals surface area contributed by atoms with Crippen molar-refractivity contribution in [3.8, 4) is 11.1 Å². The molecule has 0 unspecified atom stereocenters. The first-order chi connectivity index (χ1) is 31.5. The molecule has 2 aliphatic carbocycles. The molecule has 9 aromatic rings. The highest BCUT2D eigenvalue weighted by atomic mass is 28.3. The lowest BCUT2D eigenvalue weighted by Gasteiger charge is -2.37. The molecule has 64 heavy (non-hydrogen) atoms. The number of aryl methyl sites for hydroxylation is 1. The van der Waals surface area contributed by atoms with E-state index in [9.17, 15) is 0 Å². The summed E-state index contributed by atoms with van der Waals surface area (Å²) in [6, 6.07) is 88.1. The van der Waals surface area contributed by atoms with Gasteiger partial charge in [0, 0.05) is 33.9 Å². The summed E-state index contributed by atoms with van der Waals surface area (Å²) in [5.41, 5.74) is 15.0. The molecule has 0 bridgehead atoms. The standard InChI is InChI=1S/C61H50N2Si/c1-61(2)58-35-18-17-33-56(58)57-34-20-36-59(60(57)61)63(48-25-9-4-10-26-48)49-39-41-54(42-40-49)64(52-28-11-5-12-29-52,53-30-13-6-14-31-53)55-32-19-27-50(44-55)62(47-23-7-3-8-24-47)51-38-37-45-21-15-16-22-46(45)43-51/h3-36,39-44H,37-38H2,1-2H3. The van der Waals surface area contributed by atoms with Crippen LogP contribution in [0.2, 0.25) is 0 Å². The summed E-state index contributed by atoms with van der Waals surface area (Å²) >= 11 is 0.